The molecule has 0 aliphatic carbocycles. The third-order valence-corrected chi connectivity index (χ3v) is 4.19. The van der Waals surface area contributed by atoms with Crippen LogP contribution >= 0.6 is 0 Å². The van der Waals surface area contributed by atoms with Gasteiger partial charge in [-0.3, -0.25) is 9.69 Å². The number of allylic oxidation sites excluding steroid dienone is 1. The summed E-state index contributed by atoms with van der Waals surface area (Å²) in [6, 6.07) is 14.8. The van der Waals surface area contributed by atoms with Crippen molar-refractivity contribution in [2.45, 2.75) is 19.4 Å². The molecular weight excluding hydrogens is 286 g/mol. The van der Waals surface area contributed by atoms with Crippen molar-refractivity contribution in [1.82, 2.24) is 4.90 Å². The second-order valence-electron chi connectivity index (χ2n) is 5.94. The van der Waals surface area contributed by atoms with Gasteiger partial charge < -0.3 is 5.11 Å². The van der Waals surface area contributed by atoms with Gasteiger partial charge in [-0.2, -0.15) is 0 Å². The van der Waals surface area contributed by atoms with Crippen molar-refractivity contribution >= 4 is 11.9 Å². The maximum absolute atomic E-state index is 12.0. The van der Waals surface area contributed by atoms with Crippen LogP contribution in [-0.2, 0) is 6.54 Å². The van der Waals surface area contributed by atoms with E-state index in [1.165, 1.54) is 12.8 Å². The maximum atomic E-state index is 12.0. The van der Waals surface area contributed by atoms with Crippen molar-refractivity contribution in [3.8, 4) is 5.75 Å². The SMILES string of the molecule is O=C(/C=C/c1ccc(CN2CCCC2)c(O)c1)c1ccccc1. The largest absolute Gasteiger partial charge is 0.508 e. The fourth-order valence-electron chi connectivity index (χ4n) is 2.87. The monoisotopic (exact) mass is 307 g/mol. The van der Waals surface area contributed by atoms with Crippen molar-refractivity contribution in [2.24, 2.45) is 0 Å². The molecule has 0 aromatic heterocycles. The van der Waals surface area contributed by atoms with Gasteiger partial charge in [-0.05, 0) is 43.6 Å². The summed E-state index contributed by atoms with van der Waals surface area (Å²) in [5.41, 5.74) is 2.44. The summed E-state index contributed by atoms with van der Waals surface area (Å²) in [4.78, 5) is 14.4. The quantitative estimate of drug-likeness (QED) is 0.673. The fourth-order valence-corrected chi connectivity index (χ4v) is 2.87. The molecule has 118 valence electrons. The van der Waals surface area contributed by atoms with Crippen LogP contribution in [0.1, 0.15) is 34.3 Å². The zero-order valence-corrected chi connectivity index (χ0v) is 13.1. The number of rotatable bonds is 5. The van der Waals surface area contributed by atoms with Crippen LogP contribution in [0.3, 0.4) is 0 Å². The van der Waals surface area contributed by atoms with E-state index < -0.39 is 0 Å². The van der Waals surface area contributed by atoms with Crippen LogP contribution in [0.4, 0.5) is 0 Å². The highest BCUT2D eigenvalue weighted by molar-refractivity contribution is 6.06. The third-order valence-electron chi connectivity index (χ3n) is 4.19. The van der Waals surface area contributed by atoms with Gasteiger partial charge in [0.25, 0.3) is 0 Å². The molecule has 1 fully saturated rings. The number of phenols is 1. The van der Waals surface area contributed by atoms with E-state index in [1.54, 1.807) is 30.4 Å². The molecule has 0 radical (unpaired) electrons. The number of ketones is 1. The van der Waals surface area contributed by atoms with Gasteiger partial charge in [0.1, 0.15) is 5.75 Å². The molecule has 23 heavy (non-hydrogen) atoms. The summed E-state index contributed by atoms with van der Waals surface area (Å²) in [5, 5.41) is 10.2. The van der Waals surface area contributed by atoms with Gasteiger partial charge >= 0.3 is 0 Å². The molecule has 1 N–H and O–H groups in total. The van der Waals surface area contributed by atoms with Crippen molar-refractivity contribution in [1.29, 1.82) is 0 Å². The smallest absolute Gasteiger partial charge is 0.185 e. The second-order valence-corrected chi connectivity index (χ2v) is 5.94. The van der Waals surface area contributed by atoms with Crippen molar-refractivity contribution < 1.29 is 9.90 Å². The van der Waals surface area contributed by atoms with Crippen molar-refractivity contribution in [3.05, 3.63) is 71.3 Å². The molecule has 0 unspecified atom stereocenters. The predicted molar refractivity (Wildman–Crippen MR) is 92.4 cm³/mol. The summed E-state index contributed by atoms with van der Waals surface area (Å²) < 4.78 is 0. The normalized spacial score (nSPS) is 15.3. The number of carbonyl (C=O) groups is 1. The summed E-state index contributed by atoms with van der Waals surface area (Å²) in [6.07, 6.45) is 5.77. The lowest BCUT2D eigenvalue weighted by Crippen LogP contribution is -2.18. The number of benzene rings is 2. The van der Waals surface area contributed by atoms with E-state index in [2.05, 4.69) is 4.90 Å². The lowest BCUT2D eigenvalue weighted by atomic mass is 10.1. The molecule has 0 amide bonds. The van der Waals surface area contributed by atoms with Gasteiger partial charge in [-0.15, -0.1) is 0 Å². The van der Waals surface area contributed by atoms with Gasteiger partial charge in [0, 0.05) is 17.7 Å². The highest BCUT2D eigenvalue weighted by atomic mass is 16.3. The minimum atomic E-state index is -0.0359. The van der Waals surface area contributed by atoms with Gasteiger partial charge in [0.2, 0.25) is 0 Å². The van der Waals surface area contributed by atoms with Crippen LogP contribution in [0.2, 0.25) is 0 Å². The third kappa shape index (κ3) is 4.08. The van der Waals surface area contributed by atoms with Crippen LogP contribution < -0.4 is 0 Å². The van der Waals surface area contributed by atoms with Gasteiger partial charge in [-0.25, -0.2) is 0 Å². The van der Waals surface area contributed by atoms with E-state index in [0.29, 0.717) is 11.3 Å². The van der Waals surface area contributed by atoms with Crippen LogP contribution in [-0.4, -0.2) is 28.9 Å². The first kappa shape index (κ1) is 15.5. The molecule has 0 spiro atoms. The molecule has 1 heterocycles. The Balaban J connectivity index is 1.67. The average Bonchev–Trinajstić information content (AvgIpc) is 3.09. The Morgan fingerprint density at radius 2 is 1.83 bits per heavy atom. The molecule has 0 atom stereocenters. The maximum Gasteiger partial charge on any atom is 0.185 e. The van der Waals surface area contributed by atoms with Crippen LogP contribution in [0.5, 0.6) is 5.75 Å². The van der Waals surface area contributed by atoms with E-state index in [4.69, 9.17) is 0 Å². The number of aromatic hydroxyl groups is 1. The predicted octanol–water partition coefficient (Wildman–Crippen LogP) is 3.88. The summed E-state index contributed by atoms with van der Waals surface area (Å²) >= 11 is 0. The van der Waals surface area contributed by atoms with Gasteiger partial charge in [-0.1, -0.05) is 48.5 Å². The minimum absolute atomic E-state index is 0.0359. The highest BCUT2D eigenvalue weighted by Crippen LogP contribution is 2.23. The number of hydrogen-bond acceptors (Lipinski definition) is 3. The molecule has 1 saturated heterocycles. The summed E-state index contributed by atoms with van der Waals surface area (Å²) in [6.45, 7) is 3.00. The topological polar surface area (TPSA) is 40.5 Å². The van der Waals surface area contributed by atoms with Crippen molar-refractivity contribution in [2.75, 3.05) is 13.1 Å². The van der Waals surface area contributed by atoms with E-state index >= 15 is 0 Å². The number of likely N-dealkylation sites (tertiary alicyclic amines) is 1. The van der Waals surface area contributed by atoms with E-state index in [1.807, 2.05) is 30.3 Å². The molecule has 1 aliphatic heterocycles. The van der Waals surface area contributed by atoms with E-state index in [9.17, 15) is 9.90 Å². The Labute approximate surface area is 136 Å². The van der Waals surface area contributed by atoms with Crippen LogP contribution in [0, 0.1) is 0 Å². The molecule has 2 aromatic carbocycles. The Hall–Kier alpha value is -2.39. The number of phenolic OH excluding ortho intramolecular Hbond substituents is 1. The minimum Gasteiger partial charge on any atom is -0.508 e. The number of hydrogen-bond donors (Lipinski definition) is 1. The first-order valence-electron chi connectivity index (χ1n) is 8.04. The molecule has 3 nitrogen and oxygen atoms in total. The van der Waals surface area contributed by atoms with Gasteiger partial charge in [0.05, 0.1) is 0 Å². The molecular formula is C20H21NO2. The van der Waals surface area contributed by atoms with Gasteiger partial charge in [0.15, 0.2) is 5.78 Å². The number of nitrogens with zero attached hydrogens (tertiary/aromatic N) is 1. The van der Waals surface area contributed by atoms with Crippen LogP contribution in [0.25, 0.3) is 6.08 Å². The Kier molecular flexibility index (Phi) is 4.89. The Morgan fingerprint density at radius 1 is 1.09 bits per heavy atom. The molecule has 3 heteroatoms. The standard InChI is InChI=1S/C20H21NO2/c22-19(17-6-2-1-3-7-17)11-9-16-8-10-18(20(23)14-16)15-21-12-4-5-13-21/h1-3,6-11,14,23H,4-5,12-13,15H2/b11-9+. The first-order valence-corrected chi connectivity index (χ1v) is 8.04. The fraction of sp³-hybridized carbons (Fsp3) is 0.250. The zero-order valence-electron chi connectivity index (χ0n) is 13.1. The Bertz CT molecular complexity index is 701. The molecule has 1 aliphatic rings. The number of carbonyl (C=O) groups excluding carboxylic acids is 1. The molecule has 3 rings (SSSR count). The first-order chi connectivity index (χ1) is 11.2. The lowest BCUT2D eigenvalue weighted by molar-refractivity contribution is 0.104. The van der Waals surface area contributed by atoms with Crippen molar-refractivity contribution in [3.63, 3.8) is 0 Å². The second kappa shape index (κ2) is 7.25. The molecule has 0 saturated carbocycles. The van der Waals surface area contributed by atoms with E-state index in [-0.39, 0.29) is 5.78 Å². The molecule has 2 aromatic rings. The van der Waals surface area contributed by atoms with E-state index in [0.717, 1.165) is 30.8 Å². The highest BCUT2D eigenvalue weighted by Gasteiger charge is 2.13. The molecule has 0 bridgehead atoms. The summed E-state index contributed by atoms with van der Waals surface area (Å²) in [7, 11) is 0. The van der Waals surface area contributed by atoms with Crippen LogP contribution in [0.15, 0.2) is 54.6 Å². The summed E-state index contributed by atoms with van der Waals surface area (Å²) in [5.74, 6) is 0.262. The zero-order chi connectivity index (χ0) is 16.1. The Morgan fingerprint density at radius 3 is 2.52 bits per heavy atom. The average molecular weight is 307 g/mol. The lowest BCUT2D eigenvalue weighted by Gasteiger charge is -2.15.